The van der Waals surface area contributed by atoms with Crippen LogP contribution >= 0.6 is 11.8 Å². The molecule has 2 aliphatic rings. The summed E-state index contributed by atoms with van der Waals surface area (Å²) in [6.07, 6.45) is -2.92. The highest BCUT2D eigenvalue weighted by molar-refractivity contribution is 8.00. The van der Waals surface area contributed by atoms with Crippen molar-refractivity contribution in [1.29, 1.82) is 5.41 Å². The Hall–Kier alpha value is -13.5. The highest BCUT2D eigenvalue weighted by Gasteiger charge is 2.41. The first-order chi connectivity index (χ1) is 59.7. The third-order valence-corrected chi connectivity index (χ3v) is 21.8. The zero-order chi connectivity index (χ0) is 92.6. The quantitative estimate of drug-likeness (QED) is 0.0208. The number of carbonyl (C=O) groups is 17. The van der Waals surface area contributed by atoms with E-state index in [1.165, 1.54) is 38.4 Å². The molecule has 0 bridgehead atoms. The lowest BCUT2D eigenvalue weighted by Crippen LogP contribution is -2.60. The minimum absolute atomic E-state index is 0.0103. The van der Waals surface area contributed by atoms with Crippen molar-refractivity contribution < 1.29 is 91.7 Å². The Morgan fingerprint density at radius 1 is 0.484 bits per heavy atom. The molecule has 39 heteroatoms. The van der Waals surface area contributed by atoms with Crippen LogP contribution in [0.2, 0.25) is 0 Å². The van der Waals surface area contributed by atoms with E-state index in [1.807, 2.05) is 60.7 Å². The average Bonchev–Trinajstić information content (AvgIpc) is 0.896. The van der Waals surface area contributed by atoms with E-state index < -0.39 is 229 Å². The number of guanidine groups is 1. The smallest absolute Gasteiger partial charge is 0.305 e. The van der Waals surface area contributed by atoms with E-state index in [9.17, 15) is 82.1 Å². The normalized spacial score (nSPS) is 22.3. The van der Waals surface area contributed by atoms with Gasteiger partial charge >= 0.3 is 5.97 Å². The van der Waals surface area contributed by atoms with Gasteiger partial charge in [-0.3, -0.25) is 86.9 Å². The Kier molecular flexibility index (Phi) is 38.4. The summed E-state index contributed by atoms with van der Waals surface area (Å²) in [7, 11) is 2.50. The van der Waals surface area contributed by atoms with Crippen molar-refractivity contribution in [2.75, 3.05) is 58.3 Å². The molecule has 126 heavy (non-hydrogen) atoms. The molecule has 11 atom stereocenters. The van der Waals surface area contributed by atoms with Crippen LogP contribution in [0.5, 0.6) is 5.75 Å². The molecule has 38 nitrogen and oxygen atoms in total. The fourth-order valence-corrected chi connectivity index (χ4v) is 14.9. The predicted octanol–water partition coefficient (Wildman–Crippen LogP) is -1.17. The lowest BCUT2D eigenvalue weighted by molar-refractivity contribution is -0.145. The molecule has 0 aromatic heterocycles. The number of aliphatic carboxylic acids is 1. The molecule has 2 heterocycles. The number of carboxylic acid groups (broad SMARTS) is 1. The highest BCUT2D eigenvalue weighted by atomic mass is 32.2. The minimum atomic E-state index is -1.93. The topological polar surface area (TPSA) is 587 Å². The van der Waals surface area contributed by atoms with Gasteiger partial charge in [0.1, 0.15) is 72.2 Å². The molecule has 2 fully saturated rings. The van der Waals surface area contributed by atoms with Gasteiger partial charge in [-0.05, 0) is 101 Å². The monoisotopic (exact) mass is 1760 g/mol. The number of phenolic OH excluding ortho intramolecular Hbond substituents is 1. The lowest BCUT2D eigenvalue weighted by atomic mass is 9.98. The Balaban J connectivity index is 1.29. The van der Waals surface area contributed by atoms with Crippen molar-refractivity contribution in [2.45, 2.75) is 172 Å². The number of thioether (sulfide) groups is 1. The molecule has 2 aliphatic heterocycles. The fourth-order valence-electron chi connectivity index (χ4n) is 14.1. The Labute approximate surface area is 733 Å². The number of fused-ring (bicyclic) bond motifs is 1. The van der Waals surface area contributed by atoms with Crippen LogP contribution in [0.15, 0.2) is 133 Å². The van der Waals surface area contributed by atoms with E-state index in [2.05, 4.69) is 63.8 Å². The number of hydrogen-bond acceptors (Lipinski definition) is 20. The van der Waals surface area contributed by atoms with Gasteiger partial charge in [-0.25, -0.2) is 0 Å². The first-order valence-corrected chi connectivity index (χ1v) is 42.5. The molecule has 678 valence electrons. The van der Waals surface area contributed by atoms with Gasteiger partial charge in [0.15, 0.2) is 5.96 Å². The number of carboxylic acids is 1. The second-order valence-corrected chi connectivity index (χ2v) is 33.2. The maximum absolute atomic E-state index is 15.4. The lowest BCUT2D eigenvalue weighted by Gasteiger charge is -2.31. The van der Waals surface area contributed by atoms with Crippen LogP contribution in [0.25, 0.3) is 22.3 Å². The molecule has 16 amide bonds. The van der Waals surface area contributed by atoms with Crippen LogP contribution in [-0.2, 0) is 101 Å². The van der Waals surface area contributed by atoms with Crippen molar-refractivity contribution in [2.24, 2.45) is 35.0 Å². The van der Waals surface area contributed by atoms with E-state index >= 15 is 9.59 Å². The Morgan fingerprint density at radius 2 is 0.944 bits per heavy atom. The van der Waals surface area contributed by atoms with E-state index in [0.717, 1.165) is 48.7 Å². The first-order valence-electron chi connectivity index (χ1n) is 41.3. The standard InChI is InChI=1S/C87H115N19O19S/c1-48(2)37-60-78(117)101-66(76(115)93-43-69(89)109)46-126-47-71(111)94-63(41-68(88)108)81(120)97-61(38-51-23-29-56(30-24-51)54-17-11-9-12-18-54)80(119)100-65(40-52-25-31-57(32-26-52)55-19-13-10-14-20-55)85(124)105(8)45-72(112)106-36-16-22-67(106)83(122)98-64(42-73(113)114)82(121)95-59(21-15-35-92-87(90)91)77(116)103-75(50(5)6)86(125)104(7)44-70(110)102-74(49(3)4)84(123)99-62(79(118)96-60)39-53-27-33-58(107)34-28-53/h9-14,17-20,23-34,48-50,59-67,74-75,107H,15-16,21-22,35-47H2,1-8H3,(H2,88,108)(H2,89,109)(H,93,115)(H,94,111)(H,95,121)(H,96,118)(H,97,120)(H,98,122)(H,99,123)(H,100,119)(H,101,117)(H,102,110)(H,103,116)(H,113,114)(H4,90,91,92)/t59-,60-,61-,62-,63-,64-,65-,66-,67-,74-,75-/m0/s1. The van der Waals surface area contributed by atoms with Gasteiger partial charge in [0.2, 0.25) is 94.5 Å². The molecule has 0 unspecified atom stereocenters. The molecule has 7 rings (SSSR count). The summed E-state index contributed by atoms with van der Waals surface area (Å²) in [5, 5.41) is 59.0. The molecular formula is C87H115N19O19S. The van der Waals surface area contributed by atoms with Crippen LogP contribution in [0, 0.1) is 23.2 Å². The molecule has 0 saturated carbocycles. The average molecular weight is 1760 g/mol. The second kappa shape index (κ2) is 48.5. The Morgan fingerprint density at radius 3 is 1.46 bits per heavy atom. The van der Waals surface area contributed by atoms with Crippen molar-refractivity contribution in [3.63, 3.8) is 0 Å². The summed E-state index contributed by atoms with van der Waals surface area (Å²) in [5.41, 5.74) is 21.3. The molecule has 5 aromatic carbocycles. The van der Waals surface area contributed by atoms with Gasteiger partial charge in [0.25, 0.3) is 0 Å². The van der Waals surface area contributed by atoms with E-state index in [1.54, 1.807) is 90.1 Å². The zero-order valence-corrected chi connectivity index (χ0v) is 72.4. The first kappa shape index (κ1) is 99.6. The van der Waals surface area contributed by atoms with E-state index in [4.69, 9.17) is 22.6 Å². The van der Waals surface area contributed by atoms with Gasteiger partial charge in [0.05, 0.1) is 38.2 Å². The van der Waals surface area contributed by atoms with Crippen LogP contribution in [0.4, 0.5) is 0 Å². The van der Waals surface area contributed by atoms with Crippen LogP contribution in [0.3, 0.4) is 0 Å². The second-order valence-electron chi connectivity index (χ2n) is 32.2. The summed E-state index contributed by atoms with van der Waals surface area (Å²) in [6.45, 7) is 7.39. The van der Waals surface area contributed by atoms with Crippen molar-refractivity contribution >= 4 is 118 Å². The molecule has 0 spiro atoms. The van der Waals surface area contributed by atoms with Crippen LogP contribution in [0.1, 0.15) is 103 Å². The molecule has 0 radical (unpaired) electrons. The van der Waals surface area contributed by atoms with Crippen molar-refractivity contribution in [1.82, 2.24) is 78.5 Å². The number of primary amides is 2. The maximum Gasteiger partial charge on any atom is 0.305 e. The molecular weight excluding hydrogens is 1650 g/mol. The number of phenols is 1. The number of aromatic hydroxyl groups is 1. The molecule has 21 N–H and O–H groups in total. The van der Waals surface area contributed by atoms with Crippen molar-refractivity contribution in [3.05, 3.63) is 150 Å². The largest absolute Gasteiger partial charge is 0.508 e. The third-order valence-electron chi connectivity index (χ3n) is 20.8. The number of rotatable bonds is 23. The van der Waals surface area contributed by atoms with Gasteiger partial charge in [-0.2, -0.15) is 0 Å². The fraction of sp³-hybridized carbons (Fsp3) is 0.448. The van der Waals surface area contributed by atoms with Gasteiger partial charge < -0.3 is 106 Å². The number of nitrogens with zero attached hydrogens (tertiary/aromatic N) is 3. The number of hydrogen-bond donors (Lipinski definition) is 18. The molecule has 2 saturated heterocycles. The molecule has 5 aromatic rings. The van der Waals surface area contributed by atoms with Gasteiger partial charge in [0, 0.05) is 52.2 Å². The SMILES string of the molecule is CC(C)C[C@@H]1NC(=O)[C@H](Cc2ccc(O)cc2)NC(=O)[C@H](C(C)C)NC(=O)CN(C)C(=O)[C@H](C(C)C)NC(=O)[C@H](CCCNC(=N)N)NC(=O)[C@H](CC(=O)O)NC(=O)[C@@H]2CCCN2C(=O)CN(C)C(=O)[C@H](Cc2ccc(-c3ccccc3)cc2)NC(=O)[C@H](Cc2ccc(-c3ccccc3)cc2)NC(=O)[C@H](CC(N)=O)NC(=O)CSC[C@@H](C(=O)NCC(N)=O)NC1=O. The highest BCUT2D eigenvalue weighted by Crippen LogP contribution is 2.25. The number of benzene rings is 5. The van der Waals surface area contributed by atoms with Crippen molar-refractivity contribution in [3.8, 4) is 28.0 Å². The van der Waals surface area contributed by atoms with Gasteiger partial charge in [-0.15, -0.1) is 11.8 Å². The molecule has 0 aliphatic carbocycles. The van der Waals surface area contributed by atoms with E-state index in [-0.39, 0.29) is 76.1 Å². The van der Waals surface area contributed by atoms with Gasteiger partial charge in [-0.1, -0.05) is 163 Å². The Bertz CT molecular complexity index is 4700. The maximum atomic E-state index is 15.4. The summed E-state index contributed by atoms with van der Waals surface area (Å²) in [6, 6.07) is 20.6. The third kappa shape index (κ3) is 31.7. The number of carbonyl (C=O) groups excluding carboxylic acids is 16. The number of nitrogens with two attached hydrogens (primary N) is 3. The van der Waals surface area contributed by atoms with Crippen LogP contribution < -0.4 is 81.0 Å². The summed E-state index contributed by atoms with van der Waals surface area (Å²) in [5.74, 6) is -20.7. The summed E-state index contributed by atoms with van der Waals surface area (Å²) in [4.78, 5) is 245. The van der Waals surface area contributed by atoms with Crippen LogP contribution in [-0.4, -0.2) is 256 Å². The number of likely N-dealkylation sites (N-methyl/N-ethyl adjacent to an activating group) is 2. The summed E-state index contributed by atoms with van der Waals surface area (Å²) < 4.78 is 0. The zero-order valence-electron chi connectivity index (χ0n) is 71.6. The number of amides is 16. The number of nitrogens with one attached hydrogen (secondary N) is 13. The predicted molar refractivity (Wildman–Crippen MR) is 466 cm³/mol. The van der Waals surface area contributed by atoms with E-state index in [0.29, 0.717) is 16.7 Å². The summed E-state index contributed by atoms with van der Waals surface area (Å²) >= 11 is 0.721. The minimum Gasteiger partial charge on any atom is -0.508 e.